The van der Waals surface area contributed by atoms with Gasteiger partial charge in [-0.1, -0.05) is 19.9 Å². The van der Waals surface area contributed by atoms with Gasteiger partial charge < -0.3 is 10.1 Å². The summed E-state index contributed by atoms with van der Waals surface area (Å²) in [6, 6.07) is 6.05. The van der Waals surface area contributed by atoms with E-state index in [0.29, 0.717) is 23.4 Å². The van der Waals surface area contributed by atoms with Gasteiger partial charge in [0.25, 0.3) is 5.91 Å². The molecule has 27 heavy (non-hydrogen) atoms. The first-order valence-electron chi connectivity index (χ1n) is 9.53. The molecule has 0 spiro atoms. The molecular weight excluding hydrogens is 360 g/mol. The summed E-state index contributed by atoms with van der Waals surface area (Å²) in [5, 5.41) is 3.92. The Labute approximate surface area is 165 Å². The molecule has 0 radical (unpaired) electrons. The number of thiazole rings is 1. The van der Waals surface area contributed by atoms with E-state index in [1.165, 1.54) is 11.3 Å². The zero-order chi connectivity index (χ0) is 19.2. The predicted octanol–water partition coefficient (Wildman–Crippen LogP) is 2.99. The summed E-state index contributed by atoms with van der Waals surface area (Å²) in [4.78, 5) is 24.7. The molecule has 0 aliphatic carbocycles. The van der Waals surface area contributed by atoms with Gasteiger partial charge in [-0.05, 0) is 31.4 Å². The van der Waals surface area contributed by atoms with Crippen LogP contribution >= 0.6 is 11.3 Å². The van der Waals surface area contributed by atoms with E-state index < -0.39 is 0 Å². The van der Waals surface area contributed by atoms with Crippen LogP contribution < -0.4 is 5.32 Å². The van der Waals surface area contributed by atoms with Crippen LogP contribution in [0, 0.1) is 12.8 Å². The van der Waals surface area contributed by atoms with Crippen LogP contribution in [0.5, 0.6) is 0 Å². The van der Waals surface area contributed by atoms with Crippen LogP contribution in [0.25, 0.3) is 10.7 Å². The summed E-state index contributed by atoms with van der Waals surface area (Å²) in [5.74, 6) is 0.532. The fourth-order valence-corrected chi connectivity index (χ4v) is 4.30. The summed E-state index contributed by atoms with van der Waals surface area (Å²) >= 11 is 1.40. The summed E-state index contributed by atoms with van der Waals surface area (Å²) in [6.45, 7) is 10.4. The first kappa shape index (κ1) is 19.9. The lowest BCUT2D eigenvalue weighted by Crippen LogP contribution is -2.49. The zero-order valence-electron chi connectivity index (χ0n) is 16.3. The summed E-state index contributed by atoms with van der Waals surface area (Å²) in [6.07, 6.45) is 2.80. The van der Waals surface area contributed by atoms with Crippen LogP contribution in [0.1, 0.15) is 35.6 Å². The highest BCUT2D eigenvalue weighted by atomic mass is 32.1. The molecule has 0 saturated carbocycles. The number of nitrogens with zero attached hydrogens (tertiary/aromatic N) is 3. The third-order valence-electron chi connectivity index (χ3n) is 4.69. The lowest BCUT2D eigenvalue weighted by molar-refractivity contribution is 0.0125. The molecule has 1 N–H and O–H groups in total. The van der Waals surface area contributed by atoms with Gasteiger partial charge >= 0.3 is 0 Å². The first-order chi connectivity index (χ1) is 13.0. The first-order valence-corrected chi connectivity index (χ1v) is 10.3. The van der Waals surface area contributed by atoms with Crippen molar-refractivity contribution in [3.8, 4) is 10.7 Å². The molecule has 7 heteroatoms. The Morgan fingerprint density at radius 2 is 2.11 bits per heavy atom. The van der Waals surface area contributed by atoms with E-state index in [9.17, 15) is 4.79 Å². The second-order valence-electron chi connectivity index (χ2n) is 7.29. The maximum absolute atomic E-state index is 12.8. The van der Waals surface area contributed by atoms with Gasteiger partial charge in [0.1, 0.15) is 9.88 Å². The van der Waals surface area contributed by atoms with E-state index in [1.54, 1.807) is 6.20 Å². The number of aryl methyl sites for hydroxylation is 1. The largest absolute Gasteiger partial charge is 0.379 e. The number of pyridine rings is 1. The van der Waals surface area contributed by atoms with E-state index in [2.05, 4.69) is 34.0 Å². The molecule has 1 fully saturated rings. The summed E-state index contributed by atoms with van der Waals surface area (Å²) in [5.41, 5.74) is 1.56. The highest BCUT2D eigenvalue weighted by molar-refractivity contribution is 7.17. The Kier molecular flexibility index (Phi) is 6.93. The van der Waals surface area contributed by atoms with Crippen molar-refractivity contribution in [3.05, 3.63) is 35.0 Å². The molecule has 2 aromatic rings. The fraction of sp³-hybridized carbons (Fsp3) is 0.550. The standard InChI is InChI=1S/C20H28N4O2S/c1-14(2)12-16(24-8-10-26-11-9-24)13-22-19(25)18-15(3)23-20(27-18)17-6-4-5-7-21-17/h4-7,14,16H,8-13H2,1-3H3,(H,22,25). The normalized spacial score (nSPS) is 16.4. The van der Waals surface area contributed by atoms with Crippen LogP contribution in [0.4, 0.5) is 0 Å². The highest BCUT2D eigenvalue weighted by Crippen LogP contribution is 2.26. The Morgan fingerprint density at radius 1 is 1.33 bits per heavy atom. The van der Waals surface area contributed by atoms with Crippen molar-refractivity contribution in [2.45, 2.75) is 33.2 Å². The monoisotopic (exact) mass is 388 g/mol. The van der Waals surface area contributed by atoms with Crippen molar-refractivity contribution >= 4 is 17.2 Å². The third kappa shape index (κ3) is 5.34. The molecule has 1 unspecified atom stereocenters. The molecule has 0 aromatic carbocycles. The van der Waals surface area contributed by atoms with Crippen molar-refractivity contribution in [2.24, 2.45) is 5.92 Å². The molecule has 6 nitrogen and oxygen atoms in total. The average Bonchev–Trinajstić information content (AvgIpc) is 3.08. The summed E-state index contributed by atoms with van der Waals surface area (Å²) < 4.78 is 5.47. The van der Waals surface area contributed by atoms with Crippen LogP contribution in [0.2, 0.25) is 0 Å². The lowest BCUT2D eigenvalue weighted by Gasteiger charge is -2.35. The Bertz CT molecular complexity index is 742. The van der Waals surface area contributed by atoms with E-state index in [-0.39, 0.29) is 5.91 Å². The summed E-state index contributed by atoms with van der Waals surface area (Å²) in [7, 11) is 0. The number of morpholine rings is 1. The number of carbonyl (C=O) groups is 1. The van der Waals surface area contributed by atoms with Gasteiger partial charge in [0.05, 0.1) is 24.6 Å². The molecule has 3 rings (SSSR count). The van der Waals surface area contributed by atoms with E-state index in [4.69, 9.17) is 4.74 Å². The number of rotatable bonds is 7. The number of ether oxygens (including phenoxy) is 1. The Balaban J connectivity index is 1.66. The average molecular weight is 389 g/mol. The van der Waals surface area contributed by atoms with E-state index in [1.807, 2.05) is 25.1 Å². The van der Waals surface area contributed by atoms with Gasteiger partial charge in [-0.2, -0.15) is 0 Å². The Morgan fingerprint density at radius 3 is 2.78 bits per heavy atom. The number of aromatic nitrogens is 2. The number of hydrogen-bond acceptors (Lipinski definition) is 6. The van der Waals surface area contributed by atoms with Crippen molar-refractivity contribution in [2.75, 3.05) is 32.8 Å². The Hall–Kier alpha value is -1.83. The van der Waals surface area contributed by atoms with Gasteiger partial charge in [0.15, 0.2) is 0 Å². The van der Waals surface area contributed by atoms with Crippen molar-refractivity contribution in [3.63, 3.8) is 0 Å². The highest BCUT2D eigenvalue weighted by Gasteiger charge is 2.24. The van der Waals surface area contributed by atoms with Gasteiger partial charge in [-0.25, -0.2) is 4.98 Å². The van der Waals surface area contributed by atoms with Gasteiger partial charge in [-0.3, -0.25) is 14.7 Å². The predicted molar refractivity (Wildman–Crippen MR) is 108 cm³/mol. The number of amides is 1. The van der Waals surface area contributed by atoms with Crippen LogP contribution in [0.3, 0.4) is 0 Å². The third-order valence-corrected chi connectivity index (χ3v) is 5.87. The molecule has 1 amide bonds. The lowest BCUT2D eigenvalue weighted by atomic mass is 10.0. The van der Waals surface area contributed by atoms with Crippen molar-refractivity contribution in [1.82, 2.24) is 20.2 Å². The maximum atomic E-state index is 12.8. The molecule has 1 aliphatic heterocycles. The number of nitrogens with one attached hydrogen (secondary N) is 1. The van der Waals surface area contributed by atoms with Crippen LogP contribution in [0.15, 0.2) is 24.4 Å². The number of hydrogen-bond donors (Lipinski definition) is 1. The topological polar surface area (TPSA) is 67.4 Å². The SMILES string of the molecule is Cc1nc(-c2ccccn2)sc1C(=O)NCC(CC(C)C)N1CCOCC1. The minimum Gasteiger partial charge on any atom is -0.379 e. The van der Waals surface area contributed by atoms with E-state index in [0.717, 1.165) is 49.1 Å². The fourth-order valence-electron chi connectivity index (χ4n) is 3.34. The van der Waals surface area contributed by atoms with Gasteiger partial charge in [0, 0.05) is 31.9 Å². The zero-order valence-corrected chi connectivity index (χ0v) is 17.1. The number of carbonyl (C=O) groups excluding carboxylic acids is 1. The van der Waals surface area contributed by atoms with Crippen LogP contribution in [-0.2, 0) is 4.74 Å². The quantitative estimate of drug-likeness (QED) is 0.790. The minimum absolute atomic E-state index is 0.0470. The molecule has 3 heterocycles. The second kappa shape index (κ2) is 9.39. The minimum atomic E-state index is -0.0470. The molecular formula is C20H28N4O2S. The second-order valence-corrected chi connectivity index (χ2v) is 8.29. The van der Waals surface area contributed by atoms with Gasteiger partial charge in [0.2, 0.25) is 0 Å². The van der Waals surface area contributed by atoms with Crippen molar-refractivity contribution in [1.29, 1.82) is 0 Å². The van der Waals surface area contributed by atoms with Gasteiger partial charge in [-0.15, -0.1) is 11.3 Å². The molecule has 1 atom stereocenters. The molecule has 1 aliphatic rings. The van der Waals surface area contributed by atoms with E-state index >= 15 is 0 Å². The van der Waals surface area contributed by atoms with Crippen LogP contribution in [-0.4, -0.2) is 59.7 Å². The molecule has 146 valence electrons. The van der Waals surface area contributed by atoms with Crippen molar-refractivity contribution < 1.29 is 9.53 Å². The molecule has 2 aromatic heterocycles. The smallest absolute Gasteiger partial charge is 0.263 e. The molecule has 1 saturated heterocycles. The molecule has 0 bridgehead atoms. The maximum Gasteiger partial charge on any atom is 0.263 e.